The number of likely N-dealkylation sites (tertiary alicyclic amines) is 1. The van der Waals surface area contributed by atoms with Crippen molar-refractivity contribution >= 4 is 17.6 Å². The highest BCUT2D eigenvalue weighted by Crippen LogP contribution is 2.44. The number of rotatable bonds is 10. The monoisotopic (exact) mass is 569 g/mol. The van der Waals surface area contributed by atoms with Gasteiger partial charge in [-0.15, -0.1) is 0 Å². The molecule has 2 aromatic rings. The molecule has 2 N–H and O–H groups in total. The average molecular weight is 570 g/mol. The van der Waals surface area contributed by atoms with Crippen LogP contribution in [0.5, 0.6) is 0 Å². The fourth-order valence-corrected chi connectivity index (χ4v) is 6.42. The van der Waals surface area contributed by atoms with Gasteiger partial charge in [0.15, 0.2) is 0 Å². The maximum atomic E-state index is 13.6. The predicted molar refractivity (Wildman–Crippen MR) is 166 cm³/mol. The van der Waals surface area contributed by atoms with Crippen molar-refractivity contribution in [2.24, 2.45) is 0 Å². The maximum absolute atomic E-state index is 13.6. The quantitative estimate of drug-likeness (QED) is 0.441. The van der Waals surface area contributed by atoms with Crippen molar-refractivity contribution < 1.29 is 14.7 Å². The van der Waals surface area contributed by atoms with Gasteiger partial charge in [-0.05, 0) is 85.0 Å². The number of benzene rings is 2. The van der Waals surface area contributed by atoms with Gasteiger partial charge in [-0.2, -0.15) is 5.26 Å². The lowest BCUT2D eigenvalue weighted by molar-refractivity contribution is -0.142. The Morgan fingerprint density at radius 3 is 2.21 bits per heavy atom. The van der Waals surface area contributed by atoms with E-state index in [9.17, 15) is 20.0 Å². The number of hydrogen-bond donors (Lipinski definition) is 2. The van der Waals surface area contributed by atoms with Crippen molar-refractivity contribution in [1.29, 1.82) is 5.26 Å². The van der Waals surface area contributed by atoms with Crippen LogP contribution in [0.4, 0.5) is 0 Å². The average Bonchev–Trinajstić information content (AvgIpc) is 3.40. The van der Waals surface area contributed by atoms with E-state index in [1.54, 1.807) is 20.2 Å². The van der Waals surface area contributed by atoms with Crippen molar-refractivity contribution in [3.63, 3.8) is 0 Å². The van der Waals surface area contributed by atoms with E-state index >= 15 is 0 Å². The van der Waals surface area contributed by atoms with Gasteiger partial charge in [0.05, 0.1) is 6.07 Å². The van der Waals surface area contributed by atoms with Crippen LogP contribution < -0.4 is 5.32 Å². The Hall–Kier alpha value is -4.09. The zero-order valence-electron chi connectivity index (χ0n) is 25.5. The summed E-state index contributed by atoms with van der Waals surface area (Å²) in [5.41, 5.74) is 5.20. The van der Waals surface area contributed by atoms with Crippen LogP contribution in [-0.2, 0) is 23.1 Å². The molecule has 8 heteroatoms. The van der Waals surface area contributed by atoms with E-state index in [2.05, 4.69) is 30.6 Å². The minimum atomic E-state index is -1.34. The summed E-state index contributed by atoms with van der Waals surface area (Å²) in [4.78, 5) is 32.0. The lowest BCUT2D eigenvalue weighted by Gasteiger charge is -2.36. The third kappa shape index (κ3) is 5.79. The lowest BCUT2D eigenvalue weighted by Crippen LogP contribution is -2.45. The molecule has 4 rings (SSSR count). The number of carbonyl (C=O) groups excluding carboxylic acids is 1. The highest BCUT2D eigenvalue weighted by Gasteiger charge is 2.47. The van der Waals surface area contributed by atoms with Gasteiger partial charge >= 0.3 is 5.97 Å². The Morgan fingerprint density at radius 2 is 1.67 bits per heavy atom. The van der Waals surface area contributed by atoms with Gasteiger partial charge < -0.3 is 25.1 Å². The number of aliphatic carboxylic acids is 1. The molecule has 222 valence electrons. The van der Waals surface area contributed by atoms with Gasteiger partial charge in [-0.1, -0.05) is 31.4 Å². The number of nitriles is 1. The number of carboxylic acid groups (broad SMARTS) is 1. The van der Waals surface area contributed by atoms with Gasteiger partial charge in [0.2, 0.25) is 0 Å². The Morgan fingerprint density at radius 1 is 1.07 bits per heavy atom. The van der Waals surface area contributed by atoms with Crippen LogP contribution in [0.2, 0.25) is 0 Å². The van der Waals surface area contributed by atoms with Gasteiger partial charge in [-0.25, -0.2) is 0 Å². The minimum absolute atomic E-state index is 0.115. The molecule has 1 amide bonds. The van der Waals surface area contributed by atoms with E-state index in [4.69, 9.17) is 0 Å². The Labute approximate surface area is 249 Å². The third-order valence-corrected chi connectivity index (χ3v) is 8.76. The molecule has 2 aromatic carbocycles. The summed E-state index contributed by atoms with van der Waals surface area (Å²) in [6.45, 7) is 11.7. The third-order valence-electron chi connectivity index (χ3n) is 8.76. The normalized spacial score (nSPS) is 20.0. The smallest absolute Gasteiger partial charge is 0.318 e. The topological polar surface area (TPSA) is 99.9 Å². The SMILES string of the molecule is C=C(c1ccc2c(c1)CCc1cc(C(=O)N(C)C)ccc1C2(C[C@@H](C)NCC(=C)N1CCCC1C#N)C(=O)O)N(C)C. The lowest BCUT2D eigenvalue weighted by atomic mass is 9.68. The molecule has 1 heterocycles. The van der Waals surface area contributed by atoms with Crippen molar-refractivity contribution in [3.8, 4) is 6.07 Å². The fourth-order valence-electron chi connectivity index (χ4n) is 6.42. The molecule has 0 radical (unpaired) electrons. The van der Waals surface area contributed by atoms with Crippen molar-refractivity contribution in [2.45, 2.75) is 56.5 Å². The Balaban J connectivity index is 1.77. The first kappa shape index (κ1) is 30.9. The van der Waals surface area contributed by atoms with Crippen LogP contribution >= 0.6 is 0 Å². The zero-order chi connectivity index (χ0) is 30.8. The molecule has 1 fully saturated rings. The van der Waals surface area contributed by atoms with Crippen LogP contribution in [0.15, 0.2) is 55.3 Å². The number of hydrogen-bond acceptors (Lipinski definition) is 6. The molecule has 0 aromatic heterocycles. The molecule has 42 heavy (non-hydrogen) atoms. The summed E-state index contributed by atoms with van der Waals surface area (Å²) in [6.07, 6.45) is 3.36. The van der Waals surface area contributed by atoms with E-state index in [1.807, 2.05) is 55.1 Å². The number of amides is 1. The zero-order valence-corrected chi connectivity index (χ0v) is 25.5. The van der Waals surface area contributed by atoms with E-state index in [0.29, 0.717) is 31.4 Å². The predicted octanol–water partition coefficient (Wildman–Crippen LogP) is 4.26. The van der Waals surface area contributed by atoms with Crippen molar-refractivity contribution in [1.82, 2.24) is 20.0 Å². The van der Waals surface area contributed by atoms with Crippen molar-refractivity contribution in [2.75, 3.05) is 41.3 Å². The first-order valence-electron chi connectivity index (χ1n) is 14.6. The van der Waals surface area contributed by atoms with Gasteiger partial charge in [-0.3, -0.25) is 9.59 Å². The summed E-state index contributed by atoms with van der Waals surface area (Å²) >= 11 is 0. The van der Waals surface area contributed by atoms with Crippen LogP contribution in [-0.4, -0.2) is 85.0 Å². The molecule has 1 aliphatic carbocycles. The van der Waals surface area contributed by atoms with Crippen LogP contribution in [0.25, 0.3) is 5.70 Å². The van der Waals surface area contributed by atoms with Gasteiger partial charge in [0.25, 0.3) is 5.91 Å². The second-order valence-corrected chi connectivity index (χ2v) is 12.0. The molecular formula is C34H43N5O3. The summed E-state index contributed by atoms with van der Waals surface area (Å²) < 4.78 is 0. The summed E-state index contributed by atoms with van der Waals surface area (Å²) in [5.74, 6) is -1.04. The van der Waals surface area contributed by atoms with Crippen molar-refractivity contribution in [3.05, 3.63) is 88.6 Å². The number of nitrogens with one attached hydrogen (secondary N) is 1. The molecule has 0 spiro atoms. The summed E-state index contributed by atoms with van der Waals surface area (Å²) in [5, 5.41) is 24.1. The number of carboxylic acids is 1. The first-order chi connectivity index (χ1) is 19.9. The van der Waals surface area contributed by atoms with E-state index in [1.165, 1.54) is 4.90 Å². The molecule has 0 saturated carbocycles. The van der Waals surface area contributed by atoms with E-state index in [0.717, 1.165) is 58.6 Å². The highest BCUT2D eigenvalue weighted by atomic mass is 16.4. The maximum Gasteiger partial charge on any atom is 0.318 e. The van der Waals surface area contributed by atoms with E-state index < -0.39 is 11.4 Å². The Bertz CT molecular complexity index is 1370. The number of nitrogens with zero attached hydrogens (tertiary/aromatic N) is 4. The molecule has 1 aliphatic heterocycles. The van der Waals surface area contributed by atoms with Gasteiger partial charge in [0, 0.05) is 64.3 Å². The molecule has 3 atom stereocenters. The summed E-state index contributed by atoms with van der Waals surface area (Å²) in [7, 11) is 7.31. The largest absolute Gasteiger partial charge is 0.480 e. The Kier molecular flexibility index (Phi) is 9.12. The first-order valence-corrected chi connectivity index (χ1v) is 14.6. The number of fused-ring (bicyclic) bond motifs is 2. The standard InChI is InChI=1S/C34H43N5O3/c1-22(36-21-23(2)39-16-8-9-29(39)20-35)19-34(33(41)42)30-14-12-25(24(3)37(4)5)17-26(30)10-11-27-18-28(13-15-31(27)34)32(40)38(6)7/h12-15,17-18,22,29,36H,2-3,8-11,16,19,21H2,1,4-7H3,(H,41,42)/t22-,29?,34?/m1/s1. The molecule has 2 unspecified atom stereocenters. The molecule has 8 nitrogen and oxygen atoms in total. The molecule has 0 bridgehead atoms. The molecule has 1 saturated heterocycles. The fraction of sp³-hybridized carbons (Fsp3) is 0.441. The number of carbonyl (C=O) groups is 2. The molecular weight excluding hydrogens is 526 g/mol. The van der Waals surface area contributed by atoms with Crippen LogP contribution in [0.1, 0.15) is 64.4 Å². The highest BCUT2D eigenvalue weighted by molar-refractivity contribution is 5.95. The van der Waals surface area contributed by atoms with Crippen LogP contribution in [0.3, 0.4) is 0 Å². The van der Waals surface area contributed by atoms with Crippen LogP contribution in [0, 0.1) is 11.3 Å². The van der Waals surface area contributed by atoms with Gasteiger partial charge in [0.1, 0.15) is 11.5 Å². The molecule has 2 aliphatic rings. The number of aryl methyl sites for hydroxylation is 2. The minimum Gasteiger partial charge on any atom is -0.480 e. The second kappa shape index (κ2) is 12.4. The second-order valence-electron chi connectivity index (χ2n) is 12.0. The summed E-state index contributed by atoms with van der Waals surface area (Å²) in [6, 6.07) is 13.5. The van der Waals surface area contributed by atoms with E-state index in [-0.39, 0.29) is 18.0 Å².